The van der Waals surface area contributed by atoms with Gasteiger partial charge in [-0.15, -0.1) is 0 Å². The third-order valence-electron chi connectivity index (χ3n) is 5.16. The minimum atomic E-state index is -0.329. The number of ether oxygens (including phenoxy) is 1. The number of carbonyl (C=O) groups excluding carboxylic acids is 1. The second kappa shape index (κ2) is 9.91. The Morgan fingerprint density at radius 3 is 2.67 bits per heavy atom. The standard InChI is InChI=1S/C25H28O2/c1-2-25(26)27-18-8-4-7-13-21-14-9-16-23-19-22(15-10-17-24(21)23)20-11-5-3-6-12-20/h2-3,5-6,9,11-12,14,16,19H,1,4,7-8,10,13,15,17-18H2. The number of hydrogen-bond donors (Lipinski definition) is 0. The summed E-state index contributed by atoms with van der Waals surface area (Å²) in [5.74, 6) is -0.329. The fraction of sp³-hybridized carbons (Fsp3) is 0.320. The van der Waals surface area contributed by atoms with Crippen LogP contribution in [-0.4, -0.2) is 12.6 Å². The highest BCUT2D eigenvalue weighted by Crippen LogP contribution is 2.31. The molecule has 0 atom stereocenters. The number of esters is 1. The lowest BCUT2D eigenvalue weighted by molar-refractivity contribution is -0.137. The van der Waals surface area contributed by atoms with E-state index in [-0.39, 0.29) is 5.97 Å². The van der Waals surface area contributed by atoms with Crippen LogP contribution < -0.4 is 0 Å². The van der Waals surface area contributed by atoms with Crippen molar-refractivity contribution in [3.05, 3.63) is 83.4 Å². The molecule has 27 heavy (non-hydrogen) atoms. The van der Waals surface area contributed by atoms with Crippen LogP contribution in [-0.2, 0) is 22.4 Å². The number of benzene rings is 2. The molecule has 0 saturated heterocycles. The molecule has 0 spiro atoms. The van der Waals surface area contributed by atoms with Gasteiger partial charge < -0.3 is 4.74 Å². The van der Waals surface area contributed by atoms with Gasteiger partial charge in [0.1, 0.15) is 0 Å². The smallest absolute Gasteiger partial charge is 0.330 e. The minimum absolute atomic E-state index is 0.329. The van der Waals surface area contributed by atoms with Crippen molar-refractivity contribution in [3.63, 3.8) is 0 Å². The first kappa shape index (κ1) is 19.2. The quantitative estimate of drug-likeness (QED) is 0.327. The van der Waals surface area contributed by atoms with Crippen LogP contribution in [0.25, 0.3) is 11.6 Å². The Hall–Kier alpha value is -2.61. The summed E-state index contributed by atoms with van der Waals surface area (Å²) in [6, 6.07) is 17.4. The molecule has 0 fully saturated rings. The largest absolute Gasteiger partial charge is 0.463 e. The molecule has 0 radical (unpaired) electrons. The van der Waals surface area contributed by atoms with Crippen molar-refractivity contribution in [3.8, 4) is 0 Å². The van der Waals surface area contributed by atoms with Crippen molar-refractivity contribution in [2.75, 3.05) is 6.61 Å². The Morgan fingerprint density at radius 2 is 1.85 bits per heavy atom. The van der Waals surface area contributed by atoms with Crippen LogP contribution in [0.5, 0.6) is 0 Å². The van der Waals surface area contributed by atoms with E-state index in [4.69, 9.17) is 4.74 Å². The number of hydrogen-bond acceptors (Lipinski definition) is 2. The van der Waals surface area contributed by atoms with Crippen LogP contribution in [0.2, 0.25) is 0 Å². The summed E-state index contributed by atoms with van der Waals surface area (Å²) in [6.07, 6.45) is 11.3. The molecule has 2 aromatic carbocycles. The molecule has 0 amide bonds. The maximum Gasteiger partial charge on any atom is 0.330 e. The van der Waals surface area contributed by atoms with Gasteiger partial charge in [0, 0.05) is 6.08 Å². The molecule has 0 aromatic heterocycles. The fourth-order valence-electron chi connectivity index (χ4n) is 3.75. The van der Waals surface area contributed by atoms with E-state index in [1.807, 2.05) is 0 Å². The average molecular weight is 360 g/mol. The lowest BCUT2D eigenvalue weighted by Crippen LogP contribution is -2.02. The first-order valence-corrected chi connectivity index (χ1v) is 9.94. The van der Waals surface area contributed by atoms with Crippen molar-refractivity contribution in [1.29, 1.82) is 0 Å². The van der Waals surface area contributed by atoms with E-state index in [9.17, 15) is 4.79 Å². The number of unbranched alkanes of at least 4 members (excludes halogenated alkanes) is 2. The number of aryl methyl sites for hydroxylation is 1. The predicted octanol–water partition coefficient (Wildman–Crippen LogP) is 6.01. The molecule has 3 rings (SSSR count). The van der Waals surface area contributed by atoms with Gasteiger partial charge in [0.2, 0.25) is 0 Å². The molecular weight excluding hydrogens is 332 g/mol. The first-order valence-electron chi connectivity index (χ1n) is 9.94. The molecule has 2 heteroatoms. The van der Waals surface area contributed by atoms with Gasteiger partial charge in [-0.2, -0.15) is 0 Å². The topological polar surface area (TPSA) is 26.3 Å². The summed E-state index contributed by atoms with van der Waals surface area (Å²) in [6.45, 7) is 3.90. The molecule has 1 aliphatic rings. The van der Waals surface area contributed by atoms with E-state index in [1.165, 1.54) is 40.3 Å². The summed E-state index contributed by atoms with van der Waals surface area (Å²) >= 11 is 0. The van der Waals surface area contributed by atoms with Crippen molar-refractivity contribution >= 4 is 17.6 Å². The molecule has 140 valence electrons. The van der Waals surface area contributed by atoms with E-state index >= 15 is 0 Å². The van der Waals surface area contributed by atoms with E-state index in [0.717, 1.165) is 38.5 Å². The van der Waals surface area contributed by atoms with Crippen molar-refractivity contribution in [2.24, 2.45) is 0 Å². The van der Waals surface area contributed by atoms with E-state index in [1.54, 1.807) is 0 Å². The molecule has 0 heterocycles. The molecular formula is C25H28O2. The summed E-state index contributed by atoms with van der Waals surface area (Å²) in [7, 11) is 0. The van der Waals surface area contributed by atoms with Gasteiger partial charge in [0.15, 0.2) is 0 Å². The van der Waals surface area contributed by atoms with Crippen molar-refractivity contribution < 1.29 is 9.53 Å². The van der Waals surface area contributed by atoms with Crippen LogP contribution in [0.3, 0.4) is 0 Å². The Bertz CT molecular complexity index is 802. The lowest BCUT2D eigenvalue weighted by Gasteiger charge is -2.11. The Balaban J connectivity index is 1.62. The molecule has 0 N–H and O–H groups in total. The number of rotatable bonds is 8. The lowest BCUT2D eigenvalue weighted by atomic mass is 9.94. The zero-order valence-electron chi connectivity index (χ0n) is 16.0. The second-order valence-corrected chi connectivity index (χ2v) is 7.06. The molecule has 0 aliphatic heterocycles. The highest BCUT2D eigenvalue weighted by molar-refractivity contribution is 5.83. The molecule has 0 bridgehead atoms. The van der Waals surface area contributed by atoms with Gasteiger partial charge in [0.25, 0.3) is 0 Å². The molecule has 2 nitrogen and oxygen atoms in total. The summed E-state index contributed by atoms with van der Waals surface area (Å²) in [5.41, 5.74) is 7.15. The van der Waals surface area contributed by atoms with E-state index in [2.05, 4.69) is 61.2 Å². The van der Waals surface area contributed by atoms with Gasteiger partial charge in [-0.05, 0) is 72.8 Å². The maximum atomic E-state index is 11.0. The maximum absolute atomic E-state index is 11.0. The highest BCUT2D eigenvalue weighted by Gasteiger charge is 2.13. The van der Waals surface area contributed by atoms with Gasteiger partial charge in [0.05, 0.1) is 6.61 Å². The van der Waals surface area contributed by atoms with Crippen molar-refractivity contribution in [1.82, 2.24) is 0 Å². The first-order chi connectivity index (χ1) is 13.3. The Morgan fingerprint density at radius 1 is 1.00 bits per heavy atom. The van der Waals surface area contributed by atoms with Crippen LogP contribution in [0, 0.1) is 0 Å². The van der Waals surface area contributed by atoms with Gasteiger partial charge >= 0.3 is 5.97 Å². The third kappa shape index (κ3) is 5.43. The summed E-state index contributed by atoms with van der Waals surface area (Å²) in [4.78, 5) is 11.0. The molecule has 1 aliphatic carbocycles. The minimum Gasteiger partial charge on any atom is -0.463 e. The van der Waals surface area contributed by atoms with Gasteiger partial charge in [-0.25, -0.2) is 4.79 Å². The zero-order chi connectivity index (χ0) is 18.9. The second-order valence-electron chi connectivity index (χ2n) is 7.06. The monoisotopic (exact) mass is 360 g/mol. The molecule has 2 aromatic rings. The highest BCUT2D eigenvalue weighted by atomic mass is 16.5. The number of allylic oxidation sites excluding steroid dienone is 1. The summed E-state index contributed by atoms with van der Waals surface area (Å²) in [5, 5.41) is 0. The van der Waals surface area contributed by atoms with Crippen LogP contribution in [0.1, 0.15) is 54.4 Å². The molecule has 0 unspecified atom stereocenters. The summed E-state index contributed by atoms with van der Waals surface area (Å²) < 4.78 is 5.04. The van der Waals surface area contributed by atoms with Gasteiger partial charge in [-0.1, -0.05) is 61.2 Å². The fourth-order valence-corrected chi connectivity index (χ4v) is 3.75. The number of fused-ring (bicyclic) bond motifs is 1. The van der Waals surface area contributed by atoms with Gasteiger partial charge in [-0.3, -0.25) is 0 Å². The SMILES string of the molecule is C=CC(=O)OCCCCCc1cccc2c1CCCC(c1ccccc1)=C2. The van der Waals surface area contributed by atoms with Crippen LogP contribution in [0.4, 0.5) is 0 Å². The van der Waals surface area contributed by atoms with E-state index in [0.29, 0.717) is 6.61 Å². The Labute approximate surface area is 162 Å². The number of carbonyl (C=O) groups is 1. The van der Waals surface area contributed by atoms with Crippen molar-refractivity contribution in [2.45, 2.75) is 44.9 Å². The van der Waals surface area contributed by atoms with Crippen LogP contribution >= 0.6 is 0 Å². The zero-order valence-corrected chi connectivity index (χ0v) is 16.0. The predicted molar refractivity (Wildman–Crippen MR) is 112 cm³/mol. The molecule has 0 saturated carbocycles. The average Bonchev–Trinajstić information content (AvgIpc) is 2.94. The third-order valence-corrected chi connectivity index (χ3v) is 5.16. The van der Waals surface area contributed by atoms with E-state index < -0.39 is 0 Å². The van der Waals surface area contributed by atoms with Crippen LogP contribution in [0.15, 0.2) is 61.2 Å². The Kier molecular flexibility index (Phi) is 7.04. The normalized spacial score (nSPS) is 13.3.